The Labute approximate surface area is 144 Å². The van der Waals surface area contributed by atoms with Crippen molar-refractivity contribution in [3.8, 4) is 0 Å². The van der Waals surface area contributed by atoms with E-state index in [1.807, 2.05) is 6.07 Å². The molecule has 1 N–H and O–H groups in total. The smallest absolute Gasteiger partial charge is 0.251 e. The Morgan fingerprint density at radius 2 is 1.46 bits per heavy atom. The van der Waals surface area contributed by atoms with Gasteiger partial charge in [-0.2, -0.15) is 0 Å². The van der Waals surface area contributed by atoms with Gasteiger partial charge in [0, 0.05) is 5.56 Å². The number of aryl methyl sites for hydroxylation is 4. The van der Waals surface area contributed by atoms with Gasteiger partial charge >= 0.3 is 0 Å². The highest BCUT2D eigenvalue weighted by Gasteiger charge is 2.17. The Kier molecular flexibility index (Phi) is 4.13. The Balaban J connectivity index is 1.49. The molecular formula is C22H25NO. The molecule has 1 amide bonds. The van der Waals surface area contributed by atoms with Gasteiger partial charge in [-0.15, -0.1) is 0 Å². The summed E-state index contributed by atoms with van der Waals surface area (Å²) >= 11 is 0. The summed E-state index contributed by atoms with van der Waals surface area (Å²) < 4.78 is 0. The van der Waals surface area contributed by atoms with Crippen LogP contribution in [0.25, 0.3) is 0 Å². The number of hydrogen-bond donors (Lipinski definition) is 1. The zero-order valence-electron chi connectivity index (χ0n) is 14.4. The van der Waals surface area contributed by atoms with E-state index in [2.05, 4.69) is 42.6 Å². The Morgan fingerprint density at radius 1 is 0.833 bits per heavy atom. The lowest BCUT2D eigenvalue weighted by atomic mass is 9.90. The van der Waals surface area contributed by atoms with Gasteiger partial charge in [-0.3, -0.25) is 4.79 Å². The third-order valence-electron chi connectivity index (χ3n) is 5.58. The van der Waals surface area contributed by atoms with E-state index in [4.69, 9.17) is 0 Å². The van der Waals surface area contributed by atoms with Crippen LogP contribution in [-0.4, -0.2) is 5.91 Å². The fourth-order valence-electron chi connectivity index (χ4n) is 4.10. The number of carbonyl (C=O) groups excluding carboxylic acids is 1. The molecule has 24 heavy (non-hydrogen) atoms. The van der Waals surface area contributed by atoms with Crippen LogP contribution in [0, 0.1) is 0 Å². The predicted octanol–water partition coefficient (Wildman–Crippen LogP) is 4.55. The van der Waals surface area contributed by atoms with Crippen molar-refractivity contribution in [1.29, 1.82) is 0 Å². The summed E-state index contributed by atoms with van der Waals surface area (Å²) in [4.78, 5) is 12.6. The molecule has 0 saturated heterocycles. The molecule has 0 radical (unpaired) electrons. The van der Waals surface area contributed by atoms with E-state index in [1.54, 1.807) is 0 Å². The number of amides is 1. The van der Waals surface area contributed by atoms with Crippen molar-refractivity contribution in [3.05, 3.63) is 69.8 Å². The summed E-state index contributed by atoms with van der Waals surface area (Å²) in [5.74, 6) is 0.0383. The van der Waals surface area contributed by atoms with Gasteiger partial charge in [-0.05, 0) is 91.8 Å². The zero-order valence-corrected chi connectivity index (χ0v) is 14.4. The minimum atomic E-state index is 0.0383. The molecule has 124 valence electrons. The molecule has 0 unspecified atom stereocenters. The molecule has 0 heterocycles. The Morgan fingerprint density at radius 3 is 2.29 bits per heavy atom. The van der Waals surface area contributed by atoms with Gasteiger partial charge in [0.15, 0.2) is 0 Å². The maximum absolute atomic E-state index is 12.6. The van der Waals surface area contributed by atoms with Crippen LogP contribution in [0.2, 0.25) is 0 Å². The summed E-state index contributed by atoms with van der Waals surface area (Å²) in [5.41, 5.74) is 7.73. The quantitative estimate of drug-likeness (QED) is 0.884. The first-order valence-electron chi connectivity index (χ1n) is 9.25. The SMILES string of the molecule is C[C@H](NC(=O)c1ccc2c(c1)CCCC2)c1ccc2c(c1)CCC2. The lowest BCUT2D eigenvalue weighted by molar-refractivity contribution is 0.0939. The molecule has 2 aromatic rings. The lowest BCUT2D eigenvalue weighted by Gasteiger charge is -2.18. The second-order valence-electron chi connectivity index (χ2n) is 7.27. The average Bonchev–Trinajstić information content (AvgIpc) is 3.08. The zero-order chi connectivity index (χ0) is 16.5. The van der Waals surface area contributed by atoms with Gasteiger partial charge in [-0.25, -0.2) is 0 Å². The molecule has 0 spiro atoms. The fraction of sp³-hybridized carbons (Fsp3) is 0.409. The third kappa shape index (κ3) is 2.98. The number of benzene rings is 2. The van der Waals surface area contributed by atoms with E-state index in [1.165, 1.54) is 59.9 Å². The van der Waals surface area contributed by atoms with Crippen LogP contribution in [0.15, 0.2) is 36.4 Å². The van der Waals surface area contributed by atoms with E-state index >= 15 is 0 Å². The second-order valence-corrected chi connectivity index (χ2v) is 7.27. The maximum atomic E-state index is 12.6. The molecule has 2 heteroatoms. The van der Waals surface area contributed by atoms with Crippen LogP contribution < -0.4 is 5.32 Å². The van der Waals surface area contributed by atoms with Crippen molar-refractivity contribution < 1.29 is 4.79 Å². The summed E-state index contributed by atoms with van der Waals surface area (Å²) in [5, 5.41) is 3.17. The molecule has 1 atom stereocenters. The van der Waals surface area contributed by atoms with E-state index in [0.29, 0.717) is 0 Å². The molecule has 2 aromatic carbocycles. The molecular weight excluding hydrogens is 294 g/mol. The van der Waals surface area contributed by atoms with Crippen LogP contribution >= 0.6 is 0 Å². The largest absolute Gasteiger partial charge is 0.346 e. The molecule has 4 rings (SSSR count). The lowest BCUT2D eigenvalue weighted by Crippen LogP contribution is -2.27. The minimum absolute atomic E-state index is 0.0383. The summed E-state index contributed by atoms with van der Waals surface area (Å²) in [6, 6.07) is 12.9. The molecule has 0 fully saturated rings. The van der Waals surface area contributed by atoms with Crippen molar-refractivity contribution in [1.82, 2.24) is 5.32 Å². The van der Waals surface area contributed by atoms with E-state index in [9.17, 15) is 4.79 Å². The number of nitrogens with one attached hydrogen (secondary N) is 1. The number of fused-ring (bicyclic) bond motifs is 2. The van der Waals surface area contributed by atoms with Crippen molar-refractivity contribution in [2.24, 2.45) is 0 Å². The Hall–Kier alpha value is -2.09. The molecule has 2 aliphatic carbocycles. The monoisotopic (exact) mass is 319 g/mol. The number of hydrogen-bond acceptors (Lipinski definition) is 1. The van der Waals surface area contributed by atoms with Crippen molar-refractivity contribution >= 4 is 5.91 Å². The third-order valence-corrected chi connectivity index (χ3v) is 5.58. The summed E-state index contributed by atoms with van der Waals surface area (Å²) in [6.45, 7) is 2.08. The molecule has 0 bridgehead atoms. The molecule has 0 aromatic heterocycles. The highest BCUT2D eigenvalue weighted by molar-refractivity contribution is 5.94. The number of rotatable bonds is 3. The van der Waals surface area contributed by atoms with Gasteiger partial charge in [0.2, 0.25) is 0 Å². The highest BCUT2D eigenvalue weighted by Crippen LogP contribution is 2.26. The van der Waals surface area contributed by atoms with Crippen molar-refractivity contribution in [3.63, 3.8) is 0 Å². The molecule has 2 nitrogen and oxygen atoms in total. The van der Waals surface area contributed by atoms with E-state index in [-0.39, 0.29) is 11.9 Å². The second kappa shape index (κ2) is 6.43. The normalized spacial score (nSPS) is 17.0. The molecule has 0 aliphatic heterocycles. The molecule has 2 aliphatic rings. The summed E-state index contributed by atoms with van der Waals surface area (Å²) in [6.07, 6.45) is 8.41. The highest BCUT2D eigenvalue weighted by atomic mass is 16.1. The van der Waals surface area contributed by atoms with Crippen molar-refractivity contribution in [2.45, 2.75) is 57.9 Å². The van der Waals surface area contributed by atoms with Gasteiger partial charge in [0.05, 0.1) is 6.04 Å². The summed E-state index contributed by atoms with van der Waals surface area (Å²) in [7, 11) is 0. The van der Waals surface area contributed by atoms with Crippen LogP contribution in [0.3, 0.4) is 0 Å². The average molecular weight is 319 g/mol. The predicted molar refractivity (Wildman–Crippen MR) is 97.4 cm³/mol. The first kappa shape index (κ1) is 15.4. The molecule has 0 saturated carbocycles. The van der Waals surface area contributed by atoms with Crippen LogP contribution in [-0.2, 0) is 25.7 Å². The Bertz CT molecular complexity index is 778. The first-order chi connectivity index (χ1) is 11.7. The first-order valence-corrected chi connectivity index (χ1v) is 9.25. The van der Waals surface area contributed by atoms with Gasteiger partial charge < -0.3 is 5.32 Å². The van der Waals surface area contributed by atoms with Crippen LogP contribution in [0.5, 0.6) is 0 Å². The van der Waals surface area contributed by atoms with Gasteiger partial charge in [-0.1, -0.05) is 24.3 Å². The van der Waals surface area contributed by atoms with E-state index < -0.39 is 0 Å². The topological polar surface area (TPSA) is 29.1 Å². The van der Waals surface area contributed by atoms with Gasteiger partial charge in [0.25, 0.3) is 5.91 Å². The standard InChI is InChI=1S/C22H25NO/c1-15(18-11-9-17-7-4-8-20(17)13-18)23-22(24)21-12-10-16-5-2-3-6-19(16)14-21/h9-15H,2-8H2,1H3,(H,23,24)/t15-/m0/s1. The van der Waals surface area contributed by atoms with Crippen LogP contribution in [0.4, 0.5) is 0 Å². The number of carbonyl (C=O) groups is 1. The fourth-order valence-corrected chi connectivity index (χ4v) is 4.10. The maximum Gasteiger partial charge on any atom is 0.251 e. The van der Waals surface area contributed by atoms with Crippen LogP contribution in [0.1, 0.15) is 70.4 Å². The van der Waals surface area contributed by atoms with Crippen molar-refractivity contribution in [2.75, 3.05) is 0 Å². The van der Waals surface area contributed by atoms with E-state index in [0.717, 1.165) is 18.4 Å². The minimum Gasteiger partial charge on any atom is -0.346 e. The van der Waals surface area contributed by atoms with Gasteiger partial charge in [0.1, 0.15) is 0 Å².